The second-order valence-electron chi connectivity index (χ2n) is 5.53. The Hall–Kier alpha value is -1.93. The molecule has 0 fully saturated rings. The number of hydrogen-bond donors (Lipinski definition) is 2. The molecule has 4 nitrogen and oxygen atoms in total. The summed E-state index contributed by atoms with van der Waals surface area (Å²) in [6.45, 7) is 1.42. The molecule has 0 aliphatic rings. The summed E-state index contributed by atoms with van der Waals surface area (Å²) in [4.78, 5) is 15.0. The number of thiazole rings is 1. The van der Waals surface area contributed by atoms with Gasteiger partial charge in [0.25, 0.3) is 0 Å². The van der Waals surface area contributed by atoms with E-state index in [9.17, 15) is 18.0 Å². The minimum Gasteiger partial charge on any atom is -0.480 e. The van der Waals surface area contributed by atoms with Crippen molar-refractivity contribution in [1.82, 2.24) is 4.98 Å². The third kappa shape index (κ3) is 4.77. The highest BCUT2D eigenvalue weighted by atomic mass is 32.1. The maximum atomic E-state index is 12.3. The lowest BCUT2D eigenvalue weighted by atomic mass is 9.94. The molecule has 1 aromatic carbocycles. The second-order valence-corrected chi connectivity index (χ2v) is 6.39. The summed E-state index contributed by atoms with van der Waals surface area (Å²) in [7, 11) is 0. The van der Waals surface area contributed by atoms with Crippen molar-refractivity contribution in [3.8, 4) is 10.6 Å². The molecule has 0 saturated heterocycles. The molecule has 0 spiro atoms. The first-order chi connectivity index (χ1) is 10.6. The number of nitrogens with two attached hydrogens (primary N) is 1. The fraction of sp³-hybridized carbons (Fsp3) is 0.333. The van der Waals surface area contributed by atoms with Crippen molar-refractivity contribution in [2.75, 3.05) is 0 Å². The number of carboxylic acids is 1. The van der Waals surface area contributed by atoms with Gasteiger partial charge in [0.1, 0.15) is 10.5 Å². The van der Waals surface area contributed by atoms with E-state index in [0.717, 1.165) is 16.9 Å². The van der Waals surface area contributed by atoms with Gasteiger partial charge in [0.2, 0.25) is 0 Å². The Labute approximate surface area is 134 Å². The van der Waals surface area contributed by atoms with Crippen molar-refractivity contribution in [2.24, 2.45) is 5.73 Å². The third-order valence-electron chi connectivity index (χ3n) is 3.19. The molecule has 8 heteroatoms. The number of carbonyl (C=O) groups is 1. The van der Waals surface area contributed by atoms with Gasteiger partial charge in [-0.15, -0.1) is 11.3 Å². The van der Waals surface area contributed by atoms with Gasteiger partial charge in [-0.25, -0.2) is 4.98 Å². The maximum absolute atomic E-state index is 12.3. The lowest BCUT2D eigenvalue weighted by Crippen LogP contribution is -2.46. The maximum Gasteiger partial charge on any atom is 0.394 e. The molecule has 2 aromatic rings. The van der Waals surface area contributed by atoms with Gasteiger partial charge in [-0.2, -0.15) is 13.2 Å². The van der Waals surface area contributed by atoms with Gasteiger partial charge >= 0.3 is 12.1 Å². The largest absolute Gasteiger partial charge is 0.480 e. The van der Waals surface area contributed by atoms with E-state index in [0.29, 0.717) is 10.6 Å². The molecule has 0 aliphatic carbocycles. The average Bonchev–Trinajstić information content (AvgIpc) is 2.85. The number of alkyl halides is 3. The quantitative estimate of drug-likeness (QED) is 0.873. The van der Waals surface area contributed by atoms with Crippen molar-refractivity contribution in [1.29, 1.82) is 0 Å². The predicted octanol–water partition coefficient (Wildman–Crippen LogP) is 3.26. The summed E-state index contributed by atoms with van der Waals surface area (Å²) in [5.41, 5.74) is 5.71. The summed E-state index contributed by atoms with van der Waals surface area (Å²) in [6, 6.07) is 6.80. The van der Waals surface area contributed by atoms with Gasteiger partial charge < -0.3 is 10.8 Å². The Morgan fingerprint density at radius 3 is 2.39 bits per heavy atom. The van der Waals surface area contributed by atoms with Gasteiger partial charge in [0, 0.05) is 17.4 Å². The molecule has 0 unspecified atom stereocenters. The minimum absolute atomic E-state index is 0.0120. The predicted molar refractivity (Wildman–Crippen MR) is 81.2 cm³/mol. The SMILES string of the molecule is C[C@](N)(Cc1ccc(-c2nc(CC(F)(F)F)cs2)cc1)C(=O)O. The van der Waals surface area contributed by atoms with E-state index in [1.165, 1.54) is 12.3 Å². The van der Waals surface area contributed by atoms with Crippen molar-refractivity contribution in [3.05, 3.63) is 40.9 Å². The van der Waals surface area contributed by atoms with E-state index in [2.05, 4.69) is 4.98 Å². The molecule has 0 radical (unpaired) electrons. The topological polar surface area (TPSA) is 76.2 Å². The van der Waals surface area contributed by atoms with Gasteiger partial charge in [0.15, 0.2) is 0 Å². The first kappa shape index (κ1) is 17.4. The van der Waals surface area contributed by atoms with Crippen molar-refractivity contribution in [2.45, 2.75) is 31.5 Å². The van der Waals surface area contributed by atoms with Crippen LogP contribution in [0.1, 0.15) is 18.2 Å². The molecule has 0 saturated carbocycles. The zero-order valence-electron chi connectivity index (χ0n) is 12.2. The van der Waals surface area contributed by atoms with E-state index in [1.807, 2.05) is 0 Å². The highest BCUT2D eigenvalue weighted by molar-refractivity contribution is 7.13. The fourth-order valence-corrected chi connectivity index (χ4v) is 2.82. The van der Waals surface area contributed by atoms with E-state index >= 15 is 0 Å². The average molecular weight is 344 g/mol. The van der Waals surface area contributed by atoms with E-state index in [4.69, 9.17) is 10.8 Å². The minimum atomic E-state index is -4.28. The first-order valence-corrected chi connectivity index (χ1v) is 7.57. The van der Waals surface area contributed by atoms with Crippen LogP contribution in [-0.4, -0.2) is 27.8 Å². The normalized spacial score (nSPS) is 14.5. The van der Waals surface area contributed by atoms with E-state index < -0.39 is 24.1 Å². The van der Waals surface area contributed by atoms with Crippen LogP contribution in [0.2, 0.25) is 0 Å². The number of rotatable bonds is 5. The smallest absolute Gasteiger partial charge is 0.394 e. The molecule has 1 atom stereocenters. The summed E-state index contributed by atoms with van der Waals surface area (Å²) < 4.78 is 37.0. The van der Waals surface area contributed by atoms with Gasteiger partial charge in [0.05, 0.1) is 12.1 Å². The Kier molecular flexibility index (Phi) is 4.76. The number of carboxylic acid groups (broad SMARTS) is 1. The highest BCUT2D eigenvalue weighted by Gasteiger charge is 2.29. The number of hydrogen-bond acceptors (Lipinski definition) is 4. The standard InChI is InChI=1S/C15H15F3N2O2S/c1-14(19,13(21)22)6-9-2-4-10(5-3-9)12-20-11(8-23-12)7-15(16,17)18/h2-5,8H,6-7,19H2,1H3,(H,21,22)/t14-/m0/s1. The van der Waals surface area contributed by atoms with Gasteiger partial charge in [-0.1, -0.05) is 24.3 Å². The zero-order valence-corrected chi connectivity index (χ0v) is 13.0. The Morgan fingerprint density at radius 2 is 1.87 bits per heavy atom. The molecule has 0 aliphatic heterocycles. The number of aliphatic carboxylic acids is 1. The van der Waals surface area contributed by atoms with Crippen LogP contribution in [0.25, 0.3) is 10.6 Å². The van der Waals surface area contributed by atoms with Crippen LogP contribution >= 0.6 is 11.3 Å². The summed E-state index contributed by atoms with van der Waals surface area (Å²) in [5, 5.41) is 10.9. The first-order valence-electron chi connectivity index (χ1n) is 6.69. The number of nitrogens with zero attached hydrogens (tertiary/aromatic N) is 1. The Bertz CT molecular complexity index is 693. The summed E-state index contributed by atoms with van der Waals surface area (Å²) in [6.07, 6.45) is -5.18. The molecule has 1 heterocycles. The molecular formula is C15H15F3N2O2S. The molecular weight excluding hydrogens is 329 g/mol. The number of aromatic nitrogens is 1. The summed E-state index contributed by atoms with van der Waals surface area (Å²) in [5.74, 6) is -1.10. The lowest BCUT2D eigenvalue weighted by Gasteiger charge is -2.19. The van der Waals surface area contributed by atoms with Gasteiger partial charge in [-0.3, -0.25) is 4.79 Å². The van der Waals surface area contributed by atoms with Crippen molar-refractivity contribution >= 4 is 17.3 Å². The highest BCUT2D eigenvalue weighted by Crippen LogP contribution is 2.28. The summed E-state index contributed by atoms with van der Waals surface area (Å²) >= 11 is 1.14. The van der Waals surface area contributed by atoms with Crippen LogP contribution in [0.4, 0.5) is 13.2 Å². The fourth-order valence-electron chi connectivity index (χ4n) is 1.99. The third-order valence-corrected chi connectivity index (χ3v) is 4.13. The molecule has 3 N–H and O–H groups in total. The second kappa shape index (κ2) is 6.29. The van der Waals surface area contributed by atoms with Gasteiger partial charge in [-0.05, 0) is 12.5 Å². The van der Waals surface area contributed by atoms with E-state index in [1.54, 1.807) is 24.3 Å². The van der Waals surface area contributed by atoms with Crippen LogP contribution in [0, 0.1) is 0 Å². The number of halogens is 3. The molecule has 124 valence electrons. The lowest BCUT2D eigenvalue weighted by molar-refractivity contribution is -0.142. The van der Waals surface area contributed by atoms with Crippen molar-refractivity contribution in [3.63, 3.8) is 0 Å². The molecule has 2 rings (SSSR count). The van der Waals surface area contributed by atoms with E-state index in [-0.39, 0.29) is 12.1 Å². The van der Waals surface area contributed by atoms with Crippen LogP contribution in [0.15, 0.2) is 29.6 Å². The van der Waals surface area contributed by atoms with Crippen LogP contribution < -0.4 is 5.73 Å². The Morgan fingerprint density at radius 1 is 1.26 bits per heavy atom. The molecule has 1 aromatic heterocycles. The number of benzene rings is 1. The van der Waals surface area contributed by atoms with Crippen LogP contribution in [-0.2, 0) is 17.6 Å². The van der Waals surface area contributed by atoms with Crippen molar-refractivity contribution < 1.29 is 23.1 Å². The Balaban J connectivity index is 2.12. The van der Waals surface area contributed by atoms with Crippen LogP contribution in [0.3, 0.4) is 0 Å². The zero-order chi connectivity index (χ0) is 17.3. The molecule has 0 amide bonds. The molecule has 0 bridgehead atoms. The molecule has 23 heavy (non-hydrogen) atoms. The monoisotopic (exact) mass is 344 g/mol. The van der Waals surface area contributed by atoms with Crippen LogP contribution in [0.5, 0.6) is 0 Å².